The monoisotopic (exact) mass is 260 g/mol. The van der Waals surface area contributed by atoms with Gasteiger partial charge in [0.2, 0.25) is 0 Å². The summed E-state index contributed by atoms with van der Waals surface area (Å²) in [6, 6.07) is 2.06. The third kappa shape index (κ3) is 3.74. The van der Waals surface area contributed by atoms with Crippen LogP contribution >= 0.6 is 0 Å². The lowest BCUT2D eigenvalue weighted by Crippen LogP contribution is -2.45. The summed E-state index contributed by atoms with van der Waals surface area (Å²) in [5.41, 5.74) is -1.73. The summed E-state index contributed by atoms with van der Waals surface area (Å²) in [5, 5.41) is 15.7. The number of alkyl halides is 3. The standard InChI is InChI=1S/C11H15F3N4/c1-3-4-16-10(2,7-15)8-18-6-9(5-17-18)11(12,13)14/h5-6,16H,3-4,8H2,1-2H3. The minimum absolute atomic E-state index is 0.0690. The van der Waals surface area contributed by atoms with Crippen LogP contribution in [0.15, 0.2) is 12.4 Å². The van der Waals surface area contributed by atoms with Gasteiger partial charge >= 0.3 is 6.18 Å². The number of nitrogens with zero attached hydrogens (tertiary/aromatic N) is 3. The molecule has 0 aliphatic carbocycles. The van der Waals surface area contributed by atoms with Gasteiger partial charge in [-0.05, 0) is 19.9 Å². The molecule has 0 fully saturated rings. The summed E-state index contributed by atoms with van der Waals surface area (Å²) in [5.74, 6) is 0. The average Bonchev–Trinajstić information content (AvgIpc) is 2.74. The van der Waals surface area contributed by atoms with E-state index in [0.29, 0.717) is 6.54 Å². The van der Waals surface area contributed by atoms with Gasteiger partial charge in [0.25, 0.3) is 0 Å². The molecule has 0 amide bonds. The van der Waals surface area contributed by atoms with Crippen LogP contribution in [0.3, 0.4) is 0 Å². The van der Waals surface area contributed by atoms with E-state index in [-0.39, 0.29) is 6.54 Å². The number of hydrogen-bond donors (Lipinski definition) is 1. The van der Waals surface area contributed by atoms with Crippen molar-refractivity contribution < 1.29 is 13.2 Å². The van der Waals surface area contributed by atoms with Crippen molar-refractivity contribution in [2.45, 2.75) is 38.5 Å². The predicted octanol–water partition coefficient (Wildman–Crippen LogP) is 2.18. The molecule has 100 valence electrons. The van der Waals surface area contributed by atoms with Crippen molar-refractivity contribution in [1.82, 2.24) is 15.1 Å². The van der Waals surface area contributed by atoms with Gasteiger partial charge in [-0.3, -0.25) is 10.00 Å². The molecule has 0 radical (unpaired) electrons. The van der Waals surface area contributed by atoms with Crippen molar-refractivity contribution in [1.29, 1.82) is 5.26 Å². The first-order valence-electron chi connectivity index (χ1n) is 5.56. The van der Waals surface area contributed by atoms with E-state index in [1.165, 1.54) is 0 Å². The van der Waals surface area contributed by atoms with Gasteiger partial charge in [0, 0.05) is 6.20 Å². The van der Waals surface area contributed by atoms with Gasteiger partial charge in [0.1, 0.15) is 5.54 Å². The van der Waals surface area contributed by atoms with Gasteiger partial charge in [0.05, 0.1) is 24.4 Å². The van der Waals surface area contributed by atoms with Gasteiger partial charge in [0.15, 0.2) is 0 Å². The first-order valence-corrected chi connectivity index (χ1v) is 5.56. The molecule has 1 aromatic rings. The van der Waals surface area contributed by atoms with Crippen molar-refractivity contribution in [3.63, 3.8) is 0 Å². The molecule has 1 aromatic heterocycles. The maximum Gasteiger partial charge on any atom is 0.419 e. The zero-order valence-corrected chi connectivity index (χ0v) is 10.3. The van der Waals surface area contributed by atoms with Crippen LogP contribution in [0, 0.1) is 11.3 Å². The Hall–Kier alpha value is -1.55. The fourth-order valence-corrected chi connectivity index (χ4v) is 1.45. The number of hydrogen-bond acceptors (Lipinski definition) is 3. The van der Waals surface area contributed by atoms with Crippen molar-refractivity contribution in [2.75, 3.05) is 6.54 Å². The molecule has 1 unspecified atom stereocenters. The highest BCUT2D eigenvalue weighted by atomic mass is 19.4. The molecule has 1 heterocycles. The molecule has 1 N–H and O–H groups in total. The summed E-state index contributed by atoms with van der Waals surface area (Å²) < 4.78 is 38.3. The Balaban J connectivity index is 2.77. The Bertz CT molecular complexity index is 432. The third-order valence-electron chi connectivity index (χ3n) is 2.45. The number of nitrogens with one attached hydrogen (secondary N) is 1. The maximum atomic E-state index is 12.4. The van der Waals surface area contributed by atoms with Gasteiger partial charge in [-0.1, -0.05) is 6.92 Å². The highest BCUT2D eigenvalue weighted by Crippen LogP contribution is 2.28. The Morgan fingerprint density at radius 3 is 2.61 bits per heavy atom. The van der Waals surface area contributed by atoms with E-state index in [9.17, 15) is 13.2 Å². The molecule has 7 heteroatoms. The quantitative estimate of drug-likeness (QED) is 0.882. The third-order valence-corrected chi connectivity index (χ3v) is 2.45. The fraction of sp³-hybridized carbons (Fsp3) is 0.636. The average molecular weight is 260 g/mol. The summed E-state index contributed by atoms with van der Waals surface area (Å²) in [6.07, 6.45) is -1.90. The zero-order valence-electron chi connectivity index (χ0n) is 10.3. The summed E-state index contributed by atoms with van der Waals surface area (Å²) in [7, 11) is 0. The lowest BCUT2D eigenvalue weighted by atomic mass is 10.1. The Kier molecular flexibility index (Phi) is 4.35. The molecular formula is C11H15F3N4. The molecule has 18 heavy (non-hydrogen) atoms. The largest absolute Gasteiger partial charge is 0.419 e. The summed E-state index contributed by atoms with van der Waals surface area (Å²) >= 11 is 0. The minimum atomic E-state index is -4.40. The SMILES string of the molecule is CCCNC(C)(C#N)Cn1cc(C(F)(F)F)cn1. The molecule has 4 nitrogen and oxygen atoms in total. The van der Waals surface area contributed by atoms with E-state index < -0.39 is 17.3 Å². The van der Waals surface area contributed by atoms with Crippen LogP contribution in [-0.4, -0.2) is 21.9 Å². The molecule has 1 rings (SSSR count). The molecule has 0 aliphatic rings. The van der Waals surface area contributed by atoms with Crippen LogP contribution in [0.1, 0.15) is 25.8 Å². The van der Waals surface area contributed by atoms with Crippen LogP contribution in [0.2, 0.25) is 0 Å². The lowest BCUT2D eigenvalue weighted by molar-refractivity contribution is -0.137. The van der Waals surface area contributed by atoms with Crippen LogP contribution in [0.25, 0.3) is 0 Å². The smallest absolute Gasteiger partial charge is 0.298 e. The van der Waals surface area contributed by atoms with E-state index in [2.05, 4.69) is 16.5 Å². The molecule has 0 bridgehead atoms. The molecule has 0 spiro atoms. The van der Waals surface area contributed by atoms with Crippen LogP contribution in [0.5, 0.6) is 0 Å². The number of aromatic nitrogens is 2. The number of rotatable bonds is 5. The lowest BCUT2D eigenvalue weighted by Gasteiger charge is -2.22. The normalized spacial score (nSPS) is 15.1. The van der Waals surface area contributed by atoms with E-state index >= 15 is 0 Å². The van der Waals surface area contributed by atoms with Crippen molar-refractivity contribution in [3.05, 3.63) is 18.0 Å². The van der Waals surface area contributed by atoms with E-state index in [4.69, 9.17) is 5.26 Å². The summed E-state index contributed by atoms with van der Waals surface area (Å²) in [6.45, 7) is 4.27. The van der Waals surface area contributed by atoms with Gasteiger partial charge in [-0.2, -0.15) is 23.5 Å². The van der Waals surface area contributed by atoms with Gasteiger partial charge < -0.3 is 0 Å². The first-order chi connectivity index (χ1) is 8.30. The Labute approximate surface area is 103 Å². The molecule has 0 saturated heterocycles. The zero-order chi connectivity index (χ0) is 13.8. The molecule has 0 saturated carbocycles. The number of halogens is 3. The van der Waals surface area contributed by atoms with Crippen molar-refractivity contribution >= 4 is 0 Å². The second kappa shape index (κ2) is 5.40. The van der Waals surface area contributed by atoms with Crippen molar-refractivity contribution in [2.24, 2.45) is 0 Å². The van der Waals surface area contributed by atoms with Crippen LogP contribution in [0.4, 0.5) is 13.2 Å². The van der Waals surface area contributed by atoms with E-state index in [1.807, 2.05) is 6.92 Å². The molecular weight excluding hydrogens is 245 g/mol. The van der Waals surface area contributed by atoms with Crippen molar-refractivity contribution in [3.8, 4) is 6.07 Å². The fourth-order valence-electron chi connectivity index (χ4n) is 1.45. The second-order valence-corrected chi connectivity index (χ2v) is 4.30. The van der Waals surface area contributed by atoms with Crippen LogP contribution < -0.4 is 5.32 Å². The maximum absolute atomic E-state index is 12.4. The molecule has 0 aromatic carbocycles. The molecule has 0 aliphatic heterocycles. The minimum Gasteiger partial charge on any atom is -0.298 e. The number of nitriles is 1. The topological polar surface area (TPSA) is 53.6 Å². The highest BCUT2D eigenvalue weighted by Gasteiger charge is 2.33. The van der Waals surface area contributed by atoms with Gasteiger partial charge in [-0.25, -0.2) is 0 Å². The van der Waals surface area contributed by atoms with Crippen LogP contribution in [-0.2, 0) is 12.7 Å². The van der Waals surface area contributed by atoms with Gasteiger partial charge in [-0.15, -0.1) is 0 Å². The summed E-state index contributed by atoms with van der Waals surface area (Å²) in [4.78, 5) is 0. The van der Waals surface area contributed by atoms with E-state index in [1.54, 1.807) is 6.92 Å². The molecule has 1 atom stereocenters. The second-order valence-electron chi connectivity index (χ2n) is 4.30. The Morgan fingerprint density at radius 2 is 2.17 bits per heavy atom. The predicted molar refractivity (Wildman–Crippen MR) is 59.5 cm³/mol. The highest BCUT2D eigenvalue weighted by molar-refractivity contribution is 5.10. The van der Waals surface area contributed by atoms with E-state index in [0.717, 1.165) is 23.5 Å². The Morgan fingerprint density at radius 1 is 1.50 bits per heavy atom. The first kappa shape index (κ1) is 14.5.